The van der Waals surface area contributed by atoms with E-state index in [0.29, 0.717) is 5.92 Å². The Bertz CT molecular complexity index is 385. The Balaban J connectivity index is 4.01. The lowest BCUT2D eigenvalue weighted by Crippen LogP contribution is -2.21. The van der Waals surface area contributed by atoms with E-state index in [2.05, 4.69) is 46.4 Å². The molecule has 0 aliphatic carbocycles. The fourth-order valence-corrected chi connectivity index (χ4v) is 2.25. The van der Waals surface area contributed by atoms with Crippen molar-refractivity contribution in [3.05, 3.63) is 35.5 Å². The van der Waals surface area contributed by atoms with Crippen molar-refractivity contribution in [1.29, 1.82) is 0 Å². The Morgan fingerprint density at radius 2 is 1.64 bits per heavy atom. The molecule has 0 aromatic carbocycles. The van der Waals surface area contributed by atoms with Gasteiger partial charge in [-0.15, -0.1) is 0 Å². The molecular weight excluding hydrogens is 268 g/mol. The summed E-state index contributed by atoms with van der Waals surface area (Å²) in [7, 11) is 0. The van der Waals surface area contributed by atoms with Crippen LogP contribution >= 0.6 is 0 Å². The molecule has 0 aliphatic heterocycles. The van der Waals surface area contributed by atoms with Crippen molar-refractivity contribution in [1.82, 2.24) is 0 Å². The molecule has 0 heterocycles. The first-order valence-corrected chi connectivity index (χ1v) is 8.87. The Kier molecular flexibility index (Phi) is 10.4. The highest BCUT2D eigenvalue weighted by atomic mass is 16.3. The Morgan fingerprint density at radius 3 is 2.18 bits per heavy atom. The molecule has 22 heavy (non-hydrogen) atoms. The molecule has 1 nitrogen and oxygen atoms in total. The van der Waals surface area contributed by atoms with Gasteiger partial charge in [-0.05, 0) is 78.6 Å². The van der Waals surface area contributed by atoms with Crippen LogP contribution in [-0.2, 0) is 0 Å². The van der Waals surface area contributed by atoms with E-state index >= 15 is 0 Å². The van der Waals surface area contributed by atoms with Crippen LogP contribution in [0.5, 0.6) is 0 Å². The van der Waals surface area contributed by atoms with Gasteiger partial charge in [-0.3, -0.25) is 0 Å². The highest BCUT2D eigenvalue weighted by molar-refractivity contribution is 5.05. The van der Waals surface area contributed by atoms with Crippen molar-refractivity contribution in [2.45, 2.75) is 92.1 Å². The van der Waals surface area contributed by atoms with Crippen LogP contribution in [-0.4, -0.2) is 10.7 Å². The lowest BCUT2D eigenvalue weighted by Gasteiger charge is -2.20. The first-order chi connectivity index (χ1) is 10.2. The van der Waals surface area contributed by atoms with Crippen molar-refractivity contribution >= 4 is 0 Å². The predicted molar refractivity (Wildman–Crippen MR) is 100 cm³/mol. The zero-order valence-corrected chi connectivity index (χ0v) is 15.8. The summed E-state index contributed by atoms with van der Waals surface area (Å²) in [4.78, 5) is 0. The summed E-state index contributed by atoms with van der Waals surface area (Å²) in [5.74, 6) is 0.622. The van der Waals surface area contributed by atoms with E-state index in [1.165, 1.54) is 29.6 Å². The Hall–Kier alpha value is -0.820. The minimum absolute atomic E-state index is 0.507. The molecule has 1 N–H and O–H groups in total. The first kappa shape index (κ1) is 21.2. The average Bonchev–Trinajstić information content (AvgIpc) is 2.44. The van der Waals surface area contributed by atoms with Crippen LogP contribution in [0.1, 0.15) is 86.5 Å². The molecule has 0 aromatic rings. The highest BCUT2D eigenvalue weighted by Gasteiger charge is 2.15. The van der Waals surface area contributed by atoms with E-state index in [4.69, 9.17) is 0 Å². The molecular formula is C21H38O. The van der Waals surface area contributed by atoms with E-state index in [-0.39, 0.29) is 0 Å². The zero-order chi connectivity index (χ0) is 17.2. The van der Waals surface area contributed by atoms with Crippen LogP contribution in [0.4, 0.5) is 0 Å². The van der Waals surface area contributed by atoms with Gasteiger partial charge in [0, 0.05) is 0 Å². The van der Waals surface area contributed by atoms with Gasteiger partial charge in [0.25, 0.3) is 0 Å². The molecule has 2 unspecified atom stereocenters. The molecule has 0 saturated heterocycles. The Morgan fingerprint density at radius 1 is 1.09 bits per heavy atom. The van der Waals surface area contributed by atoms with Gasteiger partial charge in [0.2, 0.25) is 0 Å². The molecule has 0 radical (unpaired) electrons. The normalized spacial score (nSPS) is 17.2. The fraction of sp³-hybridized carbons (Fsp3) is 0.714. The van der Waals surface area contributed by atoms with Gasteiger partial charge < -0.3 is 5.11 Å². The van der Waals surface area contributed by atoms with Crippen LogP contribution in [0.3, 0.4) is 0 Å². The number of hydrogen-bond donors (Lipinski definition) is 1. The van der Waals surface area contributed by atoms with Crippen LogP contribution in [0.2, 0.25) is 0 Å². The van der Waals surface area contributed by atoms with E-state index in [1.54, 1.807) is 0 Å². The third-order valence-corrected chi connectivity index (χ3v) is 4.78. The van der Waals surface area contributed by atoms with Crippen LogP contribution in [0, 0.1) is 5.92 Å². The molecule has 0 fully saturated rings. The SMILES string of the molecule is C=C(C)C(C)CCC(C)=CCCC(C)=CCCC(C)(O)CC. The molecule has 1 heteroatoms. The molecule has 0 aromatic heterocycles. The molecule has 2 atom stereocenters. The maximum Gasteiger partial charge on any atom is 0.0620 e. The quantitative estimate of drug-likeness (QED) is 0.427. The first-order valence-electron chi connectivity index (χ1n) is 8.87. The van der Waals surface area contributed by atoms with Crippen LogP contribution in [0.25, 0.3) is 0 Å². The number of allylic oxidation sites excluding steroid dienone is 5. The smallest absolute Gasteiger partial charge is 0.0620 e. The number of hydrogen-bond acceptors (Lipinski definition) is 1. The molecule has 128 valence electrons. The summed E-state index contributed by atoms with van der Waals surface area (Å²) < 4.78 is 0. The maximum atomic E-state index is 9.98. The van der Waals surface area contributed by atoms with Crippen molar-refractivity contribution in [2.75, 3.05) is 0 Å². The second kappa shape index (κ2) is 10.8. The topological polar surface area (TPSA) is 20.2 Å². The molecule has 0 bridgehead atoms. The zero-order valence-electron chi connectivity index (χ0n) is 15.8. The second-order valence-corrected chi connectivity index (χ2v) is 7.31. The summed E-state index contributed by atoms with van der Waals surface area (Å²) >= 11 is 0. The summed E-state index contributed by atoms with van der Waals surface area (Å²) in [6.45, 7) is 16.8. The monoisotopic (exact) mass is 306 g/mol. The largest absolute Gasteiger partial charge is 0.390 e. The third-order valence-electron chi connectivity index (χ3n) is 4.78. The standard InChI is InChI=1S/C21H38O/c1-8-21(7,22)16-10-13-18(4)11-9-12-19(5)14-15-20(6)17(2)3/h12-13,20,22H,2,8-11,14-16H2,1,3-7H3. The van der Waals surface area contributed by atoms with Gasteiger partial charge in [0.1, 0.15) is 0 Å². The lowest BCUT2D eigenvalue weighted by atomic mass is 9.95. The second-order valence-electron chi connectivity index (χ2n) is 7.31. The molecule has 0 rings (SSSR count). The maximum absolute atomic E-state index is 9.98. The van der Waals surface area contributed by atoms with E-state index in [0.717, 1.165) is 32.1 Å². The van der Waals surface area contributed by atoms with Crippen LogP contribution in [0.15, 0.2) is 35.5 Å². The fourth-order valence-electron chi connectivity index (χ4n) is 2.25. The third kappa shape index (κ3) is 10.8. The number of rotatable bonds is 11. The summed E-state index contributed by atoms with van der Waals surface area (Å²) in [6, 6.07) is 0. The highest BCUT2D eigenvalue weighted by Crippen LogP contribution is 2.19. The summed E-state index contributed by atoms with van der Waals surface area (Å²) in [6.07, 6.45) is 12.0. The lowest BCUT2D eigenvalue weighted by molar-refractivity contribution is 0.0480. The summed E-state index contributed by atoms with van der Waals surface area (Å²) in [5, 5.41) is 9.98. The predicted octanol–water partition coefficient (Wildman–Crippen LogP) is 6.59. The Labute approximate surface area is 139 Å². The van der Waals surface area contributed by atoms with Gasteiger partial charge in [0.05, 0.1) is 5.60 Å². The average molecular weight is 307 g/mol. The van der Waals surface area contributed by atoms with E-state index in [9.17, 15) is 5.11 Å². The van der Waals surface area contributed by atoms with Gasteiger partial charge in [0.15, 0.2) is 0 Å². The van der Waals surface area contributed by atoms with Crippen molar-refractivity contribution in [3.63, 3.8) is 0 Å². The number of aliphatic hydroxyl groups is 1. The molecule has 0 spiro atoms. The minimum atomic E-state index is -0.507. The van der Waals surface area contributed by atoms with Crippen molar-refractivity contribution in [3.8, 4) is 0 Å². The van der Waals surface area contributed by atoms with E-state index in [1.807, 2.05) is 13.8 Å². The molecule has 0 aliphatic rings. The van der Waals surface area contributed by atoms with Crippen LogP contribution < -0.4 is 0 Å². The molecule has 0 amide bonds. The summed E-state index contributed by atoms with van der Waals surface area (Å²) in [5.41, 5.74) is 3.71. The van der Waals surface area contributed by atoms with Gasteiger partial charge in [-0.1, -0.05) is 49.3 Å². The van der Waals surface area contributed by atoms with Gasteiger partial charge >= 0.3 is 0 Å². The molecule has 0 saturated carbocycles. The van der Waals surface area contributed by atoms with Crippen molar-refractivity contribution in [2.24, 2.45) is 5.92 Å². The minimum Gasteiger partial charge on any atom is -0.390 e. The van der Waals surface area contributed by atoms with Gasteiger partial charge in [-0.2, -0.15) is 0 Å². The van der Waals surface area contributed by atoms with Crippen molar-refractivity contribution < 1.29 is 5.11 Å². The van der Waals surface area contributed by atoms with E-state index < -0.39 is 5.60 Å². The van der Waals surface area contributed by atoms with Gasteiger partial charge in [-0.25, -0.2) is 0 Å².